The lowest BCUT2D eigenvalue weighted by Crippen LogP contribution is -2.36. The molecule has 0 aromatic rings. The minimum atomic E-state index is -0.248. The fourth-order valence-electron chi connectivity index (χ4n) is 1.91. The number of nitrogens with two attached hydrogens (primary N) is 1. The SMILES string of the molecule is NC(=O)CNC1CCCCCCC1. The van der Waals surface area contributed by atoms with E-state index in [1.165, 1.54) is 44.9 Å². The molecule has 3 nitrogen and oxygen atoms in total. The van der Waals surface area contributed by atoms with Crippen molar-refractivity contribution in [2.45, 2.75) is 51.0 Å². The third-order valence-corrected chi connectivity index (χ3v) is 2.67. The molecule has 1 rings (SSSR count). The zero-order chi connectivity index (χ0) is 9.52. The maximum atomic E-state index is 10.6. The number of carbonyl (C=O) groups is 1. The number of hydrogen-bond acceptors (Lipinski definition) is 2. The number of hydrogen-bond donors (Lipinski definition) is 2. The van der Waals surface area contributed by atoms with E-state index >= 15 is 0 Å². The molecule has 0 bridgehead atoms. The van der Waals surface area contributed by atoms with Crippen molar-refractivity contribution in [1.29, 1.82) is 0 Å². The molecule has 1 amide bonds. The summed E-state index contributed by atoms with van der Waals surface area (Å²) in [6.45, 7) is 0.338. The molecular formula is C10H20N2O. The Morgan fingerprint density at radius 2 is 1.69 bits per heavy atom. The highest BCUT2D eigenvalue weighted by Gasteiger charge is 2.10. The van der Waals surface area contributed by atoms with Gasteiger partial charge in [0, 0.05) is 6.04 Å². The number of primary amides is 1. The second-order valence-electron chi connectivity index (χ2n) is 3.89. The summed E-state index contributed by atoms with van der Waals surface area (Å²) in [5.41, 5.74) is 5.08. The Morgan fingerprint density at radius 1 is 1.15 bits per heavy atom. The Balaban J connectivity index is 2.17. The van der Waals surface area contributed by atoms with Gasteiger partial charge in [0.05, 0.1) is 6.54 Å². The van der Waals surface area contributed by atoms with Gasteiger partial charge in [-0.05, 0) is 12.8 Å². The van der Waals surface area contributed by atoms with Gasteiger partial charge in [0.2, 0.25) is 5.91 Å². The summed E-state index contributed by atoms with van der Waals surface area (Å²) in [5.74, 6) is -0.248. The molecule has 0 heterocycles. The molecule has 0 spiro atoms. The molecule has 1 aliphatic rings. The van der Waals surface area contributed by atoms with E-state index in [2.05, 4.69) is 5.32 Å². The normalized spacial score (nSPS) is 20.6. The Labute approximate surface area is 80.1 Å². The molecule has 13 heavy (non-hydrogen) atoms. The van der Waals surface area contributed by atoms with Gasteiger partial charge in [-0.2, -0.15) is 0 Å². The second kappa shape index (κ2) is 5.97. The van der Waals surface area contributed by atoms with Gasteiger partial charge in [-0.25, -0.2) is 0 Å². The molecule has 3 N–H and O–H groups in total. The van der Waals surface area contributed by atoms with E-state index < -0.39 is 0 Å². The predicted molar refractivity (Wildman–Crippen MR) is 53.3 cm³/mol. The topological polar surface area (TPSA) is 55.1 Å². The van der Waals surface area contributed by atoms with Gasteiger partial charge in [-0.15, -0.1) is 0 Å². The van der Waals surface area contributed by atoms with Gasteiger partial charge in [0.15, 0.2) is 0 Å². The van der Waals surface area contributed by atoms with Crippen LogP contribution in [-0.4, -0.2) is 18.5 Å². The number of rotatable bonds is 3. The molecule has 3 heteroatoms. The van der Waals surface area contributed by atoms with E-state index in [0.717, 1.165) is 0 Å². The van der Waals surface area contributed by atoms with Crippen LogP contribution in [0.1, 0.15) is 44.9 Å². The maximum absolute atomic E-state index is 10.6. The molecule has 0 atom stereocenters. The number of carbonyl (C=O) groups excluding carboxylic acids is 1. The van der Waals surface area contributed by atoms with Gasteiger partial charge in [-0.1, -0.05) is 32.1 Å². The average Bonchev–Trinajstić information content (AvgIpc) is 2.01. The van der Waals surface area contributed by atoms with Crippen LogP contribution in [0.15, 0.2) is 0 Å². The van der Waals surface area contributed by atoms with E-state index in [0.29, 0.717) is 12.6 Å². The van der Waals surface area contributed by atoms with Crippen LogP contribution >= 0.6 is 0 Å². The van der Waals surface area contributed by atoms with Crippen molar-refractivity contribution < 1.29 is 4.79 Å². The zero-order valence-electron chi connectivity index (χ0n) is 8.22. The first-order valence-electron chi connectivity index (χ1n) is 5.31. The first-order valence-corrected chi connectivity index (χ1v) is 5.31. The van der Waals surface area contributed by atoms with Crippen LogP contribution in [0.5, 0.6) is 0 Å². The molecule has 0 unspecified atom stereocenters. The second-order valence-corrected chi connectivity index (χ2v) is 3.89. The third-order valence-electron chi connectivity index (χ3n) is 2.67. The summed E-state index contributed by atoms with van der Waals surface area (Å²) in [6.07, 6.45) is 9.04. The van der Waals surface area contributed by atoms with Crippen molar-refractivity contribution in [3.63, 3.8) is 0 Å². The molecule has 0 aliphatic heterocycles. The van der Waals surface area contributed by atoms with Gasteiger partial charge in [-0.3, -0.25) is 4.79 Å². The molecule has 1 fully saturated rings. The monoisotopic (exact) mass is 184 g/mol. The summed E-state index contributed by atoms with van der Waals surface area (Å²) < 4.78 is 0. The standard InChI is InChI=1S/C10H20N2O/c11-10(13)8-12-9-6-4-2-1-3-5-7-9/h9,12H,1-8H2,(H2,11,13). The molecule has 0 saturated heterocycles. The Kier molecular flexibility index (Phi) is 4.83. The van der Waals surface area contributed by atoms with Crippen molar-refractivity contribution in [2.24, 2.45) is 5.73 Å². The molecular weight excluding hydrogens is 164 g/mol. The Morgan fingerprint density at radius 3 is 2.23 bits per heavy atom. The van der Waals surface area contributed by atoms with E-state index in [-0.39, 0.29) is 5.91 Å². The minimum absolute atomic E-state index is 0.248. The molecule has 0 aromatic heterocycles. The highest BCUT2D eigenvalue weighted by Crippen LogP contribution is 2.16. The number of amides is 1. The Hall–Kier alpha value is -0.570. The van der Waals surface area contributed by atoms with Crippen molar-refractivity contribution >= 4 is 5.91 Å². The molecule has 0 radical (unpaired) electrons. The minimum Gasteiger partial charge on any atom is -0.369 e. The van der Waals surface area contributed by atoms with E-state index in [4.69, 9.17) is 5.73 Å². The van der Waals surface area contributed by atoms with Gasteiger partial charge < -0.3 is 11.1 Å². The van der Waals surface area contributed by atoms with Crippen LogP contribution < -0.4 is 11.1 Å². The van der Waals surface area contributed by atoms with Crippen LogP contribution in [-0.2, 0) is 4.79 Å². The van der Waals surface area contributed by atoms with Crippen LogP contribution in [0.25, 0.3) is 0 Å². The van der Waals surface area contributed by atoms with Crippen molar-refractivity contribution in [1.82, 2.24) is 5.32 Å². The first kappa shape index (κ1) is 10.5. The highest BCUT2D eigenvalue weighted by atomic mass is 16.1. The number of nitrogens with one attached hydrogen (secondary N) is 1. The molecule has 1 aliphatic carbocycles. The van der Waals surface area contributed by atoms with Crippen molar-refractivity contribution in [3.8, 4) is 0 Å². The van der Waals surface area contributed by atoms with E-state index in [1.54, 1.807) is 0 Å². The van der Waals surface area contributed by atoms with Gasteiger partial charge in [0.25, 0.3) is 0 Å². The molecule has 76 valence electrons. The lowest BCUT2D eigenvalue weighted by Gasteiger charge is -2.20. The van der Waals surface area contributed by atoms with Crippen molar-refractivity contribution in [2.75, 3.05) is 6.54 Å². The van der Waals surface area contributed by atoms with Crippen LogP contribution in [0.3, 0.4) is 0 Å². The summed E-state index contributed by atoms with van der Waals surface area (Å²) in [6, 6.07) is 0.521. The summed E-state index contributed by atoms with van der Waals surface area (Å²) in [5, 5.41) is 3.21. The predicted octanol–water partition coefficient (Wildman–Crippen LogP) is 1.17. The van der Waals surface area contributed by atoms with Gasteiger partial charge >= 0.3 is 0 Å². The lowest BCUT2D eigenvalue weighted by atomic mass is 9.97. The van der Waals surface area contributed by atoms with Crippen LogP contribution in [0.4, 0.5) is 0 Å². The molecule has 0 aromatic carbocycles. The fourth-order valence-corrected chi connectivity index (χ4v) is 1.91. The quantitative estimate of drug-likeness (QED) is 0.692. The largest absolute Gasteiger partial charge is 0.369 e. The van der Waals surface area contributed by atoms with E-state index in [9.17, 15) is 4.79 Å². The summed E-state index contributed by atoms with van der Waals surface area (Å²) in [4.78, 5) is 10.6. The fraction of sp³-hybridized carbons (Fsp3) is 0.900. The third kappa shape index (κ3) is 4.88. The van der Waals surface area contributed by atoms with Gasteiger partial charge in [0.1, 0.15) is 0 Å². The van der Waals surface area contributed by atoms with Crippen LogP contribution in [0, 0.1) is 0 Å². The molecule has 1 saturated carbocycles. The summed E-state index contributed by atoms with van der Waals surface area (Å²) >= 11 is 0. The maximum Gasteiger partial charge on any atom is 0.231 e. The summed E-state index contributed by atoms with van der Waals surface area (Å²) in [7, 11) is 0. The van der Waals surface area contributed by atoms with E-state index in [1.807, 2.05) is 0 Å². The average molecular weight is 184 g/mol. The Bertz CT molecular complexity index is 151. The van der Waals surface area contributed by atoms with Crippen molar-refractivity contribution in [3.05, 3.63) is 0 Å². The zero-order valence-corrected chi connectivity index (χ0v) is 8.22. The first-order chi connectivity index (χ1) is 6.29. The van der Waals surface area contributed by atoms with Crippen LogP contribution in [0.2, 0.25) is 0 Å². The smallest absolute Gasteiger partial charge is 0.231 e. The highest BCUT2D eigenvalue weighted by molar-refractivity contribution is 5.75. The lowest BCUT2D eigenvalue weighted by molar-refractivity contribution is -0.117.